The highest BCUT2D eigenvalue weighted by molar-refractivity contribution is 5.34. The minimum atomic E-state index is 0.250. The molecule has 2 heteroatoms. The summed E-state index contributed by atoms with van der Waals surface area (Å²) in [5.74, 6) is 0.854. The minimum Gasteiger partial charge on any atom is -0.491 e. The number of nitriles is 1. The lowest BCUT2D eigenvalue weighted by Gasteiger charge is -2.14. The van der Waals surface area contributed by atoms with Crippen molar-refractivity contribution in [3.8, 4) is 11.8 Å². The summed E-state index contributed by atoms with van der Waals surface area (Å²) < 4.78 is 5.78. The van der Waals surface area contributed by atoms with Crippen molar-refractivity contribution >= 4 is 0 Å². The average molecular weight is 231 g/mol. The first kappa shape index (κ1) is 13.6. The quantitative estimate of drug-likeness (QED) is 0.655. The summed E-state index contributed by atoms with van der Waals surface area (Å²) in [5, 5.41) is 8.69. The van der Waals surface area contributed by atoms with Gasteiger partial charge >= 0.3 is 0 Å². The van der Waals surface area contributed by atoms with Crippen LogP contribution in [0.5, 0.6) is 5.75 Å². The van der Waals surface area contributed by atoms with Crippen LogP contribution in [0.3, 0.4) is 0 Å². The topological polar surface area (TPSA) is 33.0 Å². The number of hydrogen-bond donors (Lipinski definition) is 0. The van der Waals surface area contributed by atoms with Gasteiger partial charge in [0.2, 0.25) is 0 Å². The third kappa shape index (κ3) is 5.40. The Bertz CT molecular complexity index is 350. The van der Waals surface area contributed by atoms with Crippen LogP contribution in [0.15, 0.2) is 24.3 Å². The predicted octanol–water partition coefficient (Wildman–Crippen LogP) is 4.30. The summed E-state index contributed by atoms with van der Waals surface area (Å²) in [6.07, 6.45) is 6.44. The van der Waals surface area contributed by atoms with Crippen LogP contribution >= 0.6 is 0 Å². The van der Waals surface area contributed by atoms with Gasteiger partial charge in [-0.05, 0) is 44.0 Å². The third-order valence-electron chi connectivity index (χ3n) is 2.78. The molecule has 1 aromatic rings. The molecule has 1 aromatic carbocycles. The summed E-state index contributed by atoms with van der Waals surface area (Å²) in [6, 6.07) is 9.41. The molecule has 0 saturated carbocycles. The number of benzene rings is 1. The fourth-order valence-corrected chi connectivity index (χ4v) is 1.76. The highest BCUT2D eigenvalue weighted by atomic mass is 16.5. The van der Waals surface area contributed by atoms with E-state index in [1.54, 1.807) is 12.1 Å². The first-order chi connectivity index (χ1) is 8.26. The molecule has 1 atom stereocenters. The van der Waals surface area contributed by atoms with Gasteiger partial charge in [-0.15, -0.1) is 0 Å². The summed E-state index contributed by atoms with van der Waals surface area (Å²) in [5.41, 5.74) is 0.674. The molecular formula is C15H21NO. The molecule has 17 heavy (non-hydrogen) atoms. The highest BCUT2D eigenvalue weighted by Gasteiger charge is 2.03. The molecule has 0 bridgehead atoms. The van der Waals surface area contributed by atoms with Gasteiger partial charge in [-0.1, -0.05) is 26.2 Å². The van der Waals surface area contributed by atoms with Crippen LogP contribution in [0, 0.1) is 11.3 Å². The Morgan fingerprint density at radius 1 is 1.18 bits per heavy atom. The van der Waals surface area contributed by atoms with E-state index in [9.17, 15) is 0 Å². The molecular weight excluding hydrogens is 210 g/mol. The lowest BCUT2D eigenvalue weighted by Crippen LogP contribution is -2.11. The summed E-state index contributed by atoms with van der Waals surface area (Å²) in [7, 11) is 0. The molecule has 0 radical (unpaired) electrons. The zero-order valence-electron chi connectivity index (χ0n) is 10.8. The van der Waals surface area contributed by atoms with Crippen LogP contribution in [-0.4, -0.2) is 6.10 Å². The van der Waals surface area contributed by atoms with Crippen molar-refractivity contribution in [2.75, 3.05) is 0 Å². The summed E-state index contributed by atoms with van der Waals surface area (Å²) >= 11 is 0. The first-order valence-corrected chi connectivity index (χ1v) is 6.43. The van der Waals surface area contributed by atoms with Gasteiger partial charge in [0.1, 0.15) is 5.75 Å². The molecule has 0 spiro atoms. The van der Waals surface area contributed by atoms with E-state index in [-0.39, 0.29) is 6.10 Å². The van der Waals surface area contributed by atoms with Crippen molar-refractivity contribution in [3.63, 3.8) is 0 Å². The molecule has 0 aromatic heterocycles. The molecule has 92 valence electrons. The van der Waals surface area contributed by atoms with Gasteiger partial charge in [0.05, 0.1) is 17.7 Å². The van der Waals surface area contributed by atoms with Crippen LogP contribution in [0.25, 0.3) is 0 Å². The van der Waals surface area contributed by atoms with E-state index in [4.69, 9.17) is 10.00 Å². The van der Waals surface area contributed by atoms with Gasteiger partial charge in [0.15, 0.2) is 0 Å². The van der Waals surface area contributed by atoms with Crippen LogP contribution in [-0.2, 0) is 0 Å². The Labute approximate surface area is 104 Å². The summed E-state index contributed by atoms with van der Waals surface area (Å²) in [6.45, 7) is 4.32. The van der Waals surface area contributed by atoms with Crippen LogP contribution in [0.2, 0.25) is 0 Å². The Morgan fingerprint density at radius 2 is 1.88 bits per heavy atom. The predicted molar refractivity (Wildman–Crippen MR) is 70.0 cm³/mol. The normalized spacial score (nSPS) is 11.8. The molecule has 0 unspecified atom stereocenters. The van der Waals surface area contributed by atoms with Gasteiger partial charge in [-0.2, -0.15) is 5.26 Å². The Kier molecular flexibility index (Phi) is 6.17. The molecule has 0 aliphatic rings. The molecule has 0 heterocycles. The monoisotopic (exact) mass is 231 g/mol. The molecule has 2 nitrogen and oxygen atoms in total. The van der Waals surface area contributed by atoms with E-state index in [1.165, 1.54) is 25.7 Å². The van der Waals surface area contributed by atoms with Crippen LogP contribution in [0.4, 0.5) is 0 Å². The van der Waals surface area contributed by atoms with E-state index < -0.39 is 0 Å². The molecule has 0 amide bonds. The standard InChI is InChI=1S/C15H21NO/c1-3-4-5-6-7-13(2)17-15-10-8-14(12-16)9-11-15/h8-11,13H,3-7H2,1-2H3/t13-/m1/s1. The third-order valence-corrected chi connectivity index (χ3v) is 2.78. The minimum absolute atomic E-state index is 0.250. The maximum Gasteiger partial charge on any atom is 0.119 e. The molecule has 0 aliphatic carbocycles. The van der Waals surface area contributed by atoms with Crippen LogP contribution < -0.4 is 4.74 Å². The second kappa shape index (κ2) is 7.73. The van der Waals surface area contributed by atoms with Gasteiger partial charge in [0, 0.05) is 0 Å². The maximum atomic E-state index is 8.69. The molecule has 1 rings (SSSR count). The van der Waals surface area contributed by atoms with Crippen LogP contribution in [0.1, 0.15) is 51.5 Å². The number of nitrogens with zero attached hydrogens (tertiary/aromatic N) is 1. The zero-order valence-corrected chi connectivity index (χ0v) is 10.8. The number of unbranched alkanes of at least 4 members (excludes halogenated alkanes) is 3. The fourth-order valence-electron chi connectivity index (χ4n) is 1.76. The fraction of sp³-hybridized carbons (Fsp3) is 0.533. The van der Waals surface area contributed by atoms with Gasteiger partial charge in [0.25, 0.3) is 0 Å². The smallest absolute Gasteiger partial charge is 0.119 e. The van der Waals surface area contributed by atoms with Gasteiger partial charge in [-0.25, -0.2) is 0 Å². The largest absolute Gasteiger partial charge is 0.491 e. The molecule has 0 aliphatic heterocycles. The number of rotatable bonds is 7. The van der Waals surface area contributed by atoms with Crippen molar-refractivity contribution in [1.82, 2.24) is 0 Å². The van der Waals surface area contributed by atoms with Gasteiger partial charge in [-0.3, -0.25) is 0 Å². The molecule has 0 N–H and O–H groups in total. The lowest BCUT2D eigenvalue weighted by atomic mass is 10.1. The Hall–Kier alpha value is -1.49. The van der Waals surface area contributed by atoms with Crippen molar-refractivity contribution in [2.45, 2.75) is 52.1 Å². The Balaban J connectivity index is 2.30. The van der Waals surface area contributed by atoms with E-state index in [1.807, 2.05) is 12.1 Å². The van der Waals surface area contributed by atoms with E-state index >= 15 is 0 Å². The summed E-state index contributed by atoms with van der Waals surface area (Å²) in [4.78, 5) is 0. The van der Waals surface area contributed by atoms with E-state index in [2.05, 4.69) is 19.9 Å². The van der Waals surface area contributed by atoms with Crippen molar-refractivity contribution in [2.24, 2.45) is 0 Å². The SMILES string of the molecule is CCCCCC[C@@H](C)Oc1ccc(C#N)cc1. The van der Waals surface area contributed by atoms with E-state index in [0.29, 0.717) is 5.56 Å². The van der Waals surface area contributed by atoms with Gasteiger partial charge < -0.3 is 4.74 Å². The second-order valence-corrected chi connectivity index (χ2v) is 4.41. The number of ether oxygens (including phenoxy) is 1. The van der Waals surface area contributed by atoms with Crippen molar-refractivity contribution < 1.29 is 4.74 Å². The van der Waals surface area contributed by atoms with E-state index in [0.717, 1.165) is 12.2 Å². The lowest BCUT2D eigenvalue weighted by molar-refractivity contribution is 0.206. The average Bonchev–Trinajstić information content (AvgIpc) is 2.36. The maximum absolute atomic E-state index is 8.69. The molecule has 0 fully saturated rings. The first-order valence-electron chi connectivity index (χ1n) is 6.43. The van der Waals surface area contributed by atoms with Crippen molar-refractivity contribution in [3.05, 3.63) is 29.8 Å². The van der Waals surface area contributed by atoms with Crippen molar-refractivity contribution in [1.29, 1.82) is 5.26 Å². The Morgan fingerprint density at radius 3 is 2.47 bits per heavy atom. The molecule has 0 saturated heterocycles. The second-order valence-electron chi connectivity index (χ2n) is 4.41. The number of hydrogen-bond acceptors (Lipinski definition) is 2. The zero-order chi connectivity index (χ0) is 12.5. The highest BCUT2D eigenvalue weighted by Crippen LogP contribution is 2.16.